The van der Waals surface area contributed by atoms with Gasteiger partial charge in [0.2, 0.25) is 6.29 Å². The molecule has 2 atom stereocenters. The molecule has 0 aliphatic carbocycles. The minimum atomic E-state index is -1.14. The van der Waals surface area contributed by atoms with Crippen molar-refractivity contribution in [3.63, 3.8) is 0 Å². The van der Waals surface area contributed by atoms with Gasteiger partial charge in [0, 0.05) is 93.6 Å². The number of ether oxygens (including phenoxy) is 2. The van der Waals surface area contributed by atoms with E-state index in [1.807, 2.05) is 97.9 Å². The van der Waals surface area contributed by atoms with Crippen LogP contribution in [0, 0.1) is 5.92 Å². The molecule has 8 rings (SSSR count). The van der Waals surface area contributed by atoms with Crippen molar-refractivity contribution in [1.29, 1.82) is 0 Å². The van der Waals surface area contributed by atoms with Crippen molar-refractivity contribution in [2.24, 2.45) is 16.2 Å². The number of para-hydroxylation sites is 1. The maximum atomic E-state index is 15.1. The van der Waals surface area contributed by atoms with Crippen LogP contribution in [0.25, 0.3) is 60.1 Å². The van der Waals surface area contributed by atoms with Gasteiger partial charge in [-0.3, -0.25) is 14.4 Å². The Balaban J connectivity index is 1.21. The third kappa shape index (κ3) is 11.5. The van der Waals surface area contributed by atoms with Crippen LogP contribution in [0.3, 0.4) is 0 Å². The van der Waals surface area contributed by atoms with Gasteiger partial charge < -0.3 is 33.4 Å². The third-order valence-electron chi connectivity index (χ3n) is 13.3. The zero-order chi connectivity index (χ0) is 51.6. The Kier molecular flexibility index (Phi) is 16.8. The van der Waals surface area contributed by atoms with E-state index in [1.165, 1.54) is 13.8 Å². The van der Waals surface area contributed by atoms with Crippen molar-refractivity contribution in [3.8, 4) is 5.69 Å². The Bertz CT molecular complexity index is 3380. The number of hydrogen-bond acceptors (Lipinski definition) is 11. The normalized spacial score (nSPS) is 13.0. The standard InChI is InChI=1S/C60H64N4O9/c1-7-11-16-40(9-3)37-63-54-29-23-42(52(61-72-38(5)65)27-31-57(67)70-10-4)35-49(54)50-36-51(45-17-12-13-19-47(45)59(50)63)60(69)41-21-25-44(26-22-41)64-55-20-15-14-18-46(55)48-34-43(24-30-56(48)64)53(62-73-39(6)66)28-32-58(68)71-33-8-2/h12-15,17-26,29-30,34-36,39-40,66H,7-11,16,27-28,31-33,37H2,1-6H3/b61-52+,62-53+. The molecular weight excluding hydrogens is 921 g/mol. The largest absolute Gasteiger partial charge is 0.466 e. The highest BCUT2D eigenvalue weighted by molar-refractivity contribution is 6.26. The zero-order valence-corrected chi connectivity index (χ0v) is 42.6. The van der Waals surface area contributed by atoms with Gasteiger partial charge in [0.15, 0.2) is 5.78 Å². The third-order valence-corrected chi connectivity index (χ3v) is 13.3. The minimum Gasteiger partial charge on any atom is -0.466 e. The quantitative estimate of drug-likeness (QED) is 0.0164. The number of rotatable bonds is 23. The van der Waals surface area contributed by atoms with E-state index >= 15 is 4.79 Å². The van der Waals surface area contributed by atoms with Gasteiger partial charge in [-0.25, -0.2) is 4.79 Å². The summed E-state index contributed by atoms with van der Waals surface area (Å²) in [6, 6.07) is 38.0. The maximum Gasteiger partial charge on any atom is 0.331 e. The fourth-order valence-corrected chi connectivity index (χ4v) is 9.75. The summed E-state index contributed by atoms with van der Waals surface area (Å²) in [4.78, 5) is 62.5. The predicted octanol–water partition coefficient (Wildman–Crippen LogP) is 12.9. The van der Waals surface area contributed by atoms with E-state index in [9.17, 15) is 19.5 Å². The summed E-state index contributed by atoms with van der Waals surface area (Å²) in [5, 5.41) is 24.0. The number of benzene rings is 6. The topological polar surface area (TPSA) is 160 Å². The van der Waals surface area contributed by atoms with Crippen LogP contribution in [-0.2, 0) is 40.1 Å². The minimum absolute atomic E-state index is 0.0561. The fourth-order valence-electron chi connectivity index (χ4n) is 9.75. The molecule has 6 aromatic carbocycles. The number of ketones is 1. The average Bonchev–Trinajstić information content (AvgIpc) is 3.90. The summed E-state index contributed by atoms with van der Waals surface area (Å²) < 4.78 is 15.1. The second-order valence-corrected chi connectivity index (χ2v) is 18.5. The van der Waals surface area contributed by atoms with E-state index in [4.69, 9.17) is 19.1 Å². The Morgan fingerprint density at radius 1 is 0.616 bits per heavy atom. The number of carbonyl (C=O) groups excluding carboxylic acids is 4. The van der Waals surface area contributed by atoms with E-state index in [1.54, 1.807) is 6.92 Å². The van der Waals surface area contributed by atoms with Crippen molar-refractivity contribution in [1.82, 2.24) is 9.13 Å². The Labute approximate surface area is 425 Å². The van der Waals surface area contributed by atoms with E-state index in [-0.39, 0.29) is 50.0 Å². The van der Waals surface area contributed by atoms with Gasteiger partial charge in [-0.15, -0.1) is 0 Å². The summed E-state index contributed by atoms with van der Waals surface area (Å²) in [5.74, 6) is -0.978. The number of aliphatic hydroxyl groups excluding tert-OH is 1. The van der Waals surface area contributed by atoms with Crippen LogP contribution >= 0.6 is 0 Å². The van der Waals surface area contributed by atoms with Gasteiger partial charge in [-0.2, -0.15) is 0 Å². The molecule has 0 saturated heterocycles. The Morgan fingerprint density at radius 2 is 1.22 bits per heavy atom. The molecule has 0 aliphatic heterocycles. The van der Waals surface area contributed by atoms with Gasteiger partial charge in [0.1, 0.15) is 0 Å². The summed E-state index contributed by atoms with van der Waals surface area (Å²) in [5.41, 5.74) is 8.26. The predicted molar refractivity (Wildman–Crippen MR) is 288 cm³/mol. The lowest BCUT2D eigenvalue weighted by Gasteiger charge is -2.18. The zero-order valence-electron chi connectivity index (χ0n) is 42.6. The second kappa shape index (κ2) is 23.7. The molecule has 8 aromatic rings. The maximum absolute atomic E-state index is 15.1. The first-order chi connectivity index (χ1) is 35.4. The lowest BCUT2D eigenvalue weighted by molar-refractivity contribution is -0.144. The average molecular weight is 985 g/mol. The summed E-state index contributed by atoms with van der Waals surface area (Å²) >= 11 is 0. The van der Waals surface area contributed by atoms with Crippen LogP contribution in [0.1, 0.15) is 126 Å². The molecule has 0 fully saturated rings. The highest BCUT2D eigenvalue weighted by Crippen LogP contribution is 2.39. The number of unbranched alkanes of at least 4 members (excludes halogenated alkanes) is 1. The lowest BCUT2D eigenvalue weighted by Crippen LogP contribution is -2.11. The second-order valence-electron chi connectivity index (χ2n) is 18.5. The molecule has 1 N–H and O–H groups in total. The number of oxime groups is 2. The van der Waals surface area contributed by atoms with Crippen LogP contribution < -0.4 is 0 Å². The molecule has 0 aliphatic rings. The summed E-state index contributed by atoms with van der Waals surface area (Å²) in [6.45, 7) is 12.3. The highest BCUT2D eigenvalue weighted by Gasteiger charge is 2.24. The van der Waals surface area contributed by atoms with Gasteiger partial charge in [0.05, 0.1) is 54.0 Å². The number of aliphatic hydroxyl groups is 1. The van der Waals surface area contributed by atoms with E-state index < -0.39 is 12.3 Å². The number of nitrogens with zero attached hydrogens (tertiary/aromatic N) is 4. The van der Waals surface area contributed by atoms with Gasteiger partial charge >= 0.3 is 17.9 Å². The van der Waals surface area contributed by atoms with Crippen molar-refractivity contribution < 1.29 is 43.4 Å². The SMILES string of the molecule is CCCCC(CC)Cn1c2ccc(/C(CCC(=O)OCC)=N/OC(C)=O)cc2c2cc(C(=O)c3ccc(-n4c5ccccc5c5cc(/C(CCC(=O)OCCC)=N/OC(C)O)ccc54)cc3)c3ccccc3c21. The Morgan fingerprint density at radius 3 is 1.86 bits per heavy atom. The lowest BCUT2D eigenvalue weighted by atomic mass is 9.94. The number of aromatic nitrogens is 2. The van der Waals surface area contributed by atoms with Crippen molar-refractivity contribution >= 4 is 89.5 Å². The molecule has 2 aromatic heterocycles. The van der Waals surface area contributed by atoms with E-state index in [0.717, 1.165) is 104 Å². The monoisotopic (exact) mass is 984 g/mol. The summed E-state index contributed by atoms with van der Waals surface area (Å²) in [7, 11) is 0. The molecule has 0 amide bonds. The van der Waals surface area contributed by atoms with Crippen LogP contribution in [-0.4, -0.2) is 68.9 Å². The molecule has 73 heavy (non-hydrogen) atoms. The molecule has 0 spiro atoms. The van der Waals surface area contributed by atoms with Crippen molar-refractivity contribution in [2.75, 3.05) is 13.2 Å². The van der Waals surface area contributed by atoms with Crippen molar-refractivity contribution in [3.05, 3.63) is 138 Å². The smallest absolute Gasteiger partial charge is 0.331 e. The van der Waals surface area contributed by atoms with Crippen LogP contribution in [0.15, 0.2) is 126 Å². The molecule has 0 radical (unpaired) electrons. The van der Waals surface area contributed by atoms with Gasteiger partial charge in [-0.1, -0.05) is 105 Å². The molecule has 0 bridgehead atoms. The van der Waals surface area contributed by atoms with Gasteiger partial charge in [0.25, 0.3) is 0 Å². The number of fused-ring (bicyclic) bond motifs is 8. The first kappa shape index (κ1) is 51.7. The van der Waals surface area contributed by atoms with E-state index in [0.29, 0.717) is 40.6 Å². The molecule has 378 valence electrons. The molecule has 2 unspecified atom stereocenters. The highest BCUT2D eigenvalue weighted by atomic mass is 16.7. The first-order valence-electron chi connectivity index (χ1n) is 25.6. The Hall–Kier alpha value is -7.64. The molecule has 13 nitrogen and oxygen atoms in total. The fraction of sp³-hybridized carbons (Fsp3) is 0.333. The number of carbonyl (C=O) groups is 4. The summed E-state index contributed by atoms with van der Waals surface area (Å²) in [6.07, 6.45) is 4.54. The van der Waals surface area contributed by atoms with Crippen LogP contribution in [0.5, 0.6) is 0 Å². The van der Waals surface area contributed by atoms with Crippen LogP contribution in [0.2, 0.25) is 0 Å². The van der Waals surface area contributed by atoms with E-state index in [2.05, 4.69) is 57.6 Å². The first-order valence-corrected chi connectivity index (χ1v) is 25.6. The number of hydrogen-bond donors (Lipinski definition) is 1. The van der Waals surface area contributed by atoms with Crippen molar-refractivity contribution in [2.45, 2.75) is 112 Å². The van der Waals surface area contributed by atoms with Gasteiger partial charge in [-0.05, 0) is 91.7 Å². The molecule has 0 saturated carbocycles. The number of esters is 2. The molecule has 2 heterocycles. The molecule has 13 heteroatoms. The molecular formula is C60H64N4O9. The van der Waals surface area contributed by atoms with Crippen LogP contribution in [0.4, 0.5) is 0 Å².